The van der Waals surface area contributed by atoms with E-state index < -0.39 is 6.04 Å². The van der Waals surface area contributed by atoms with E-state index in [1.807, 2.05) is 60.7 Å². The Morgan fingerprint density at radius 2 is 1.02 bits per heavy atom. The Morgan fingerprint density at radius 1 is 0.419 bits per heavy atom. The van der Waals surface area contributed by atoms with Crippen molar-refractivity contribution >= 4 is 54.3 Å². The highest BCUT2D eigenvalue weighted by atomic mass is 16.3. The van der Waals surface area contributed by atoms with Crippen molar-refractivity contribution in [2.75, 3.05) is 0 Å². The highest BCUT2D eigenvalue weighted by molar-refractivity contribution is 6.23. The SMILES string of the molecule is [2H]c1c([2H])c([2H])c(-c2ccccc2-c2c3ccccc3c(-c3ccc4oc5c6ccccc6ccc5c4c3)c3ccccc23)c([2H])c1[2H]. The minimum atomic E-state index is -0.401. The van der Waals surface area contributed by atoms with Crippen molar-refractivity contribution in [1.82, 2.24) is 0 Å². The lowest BCUT2D eigenvalue weighted by Crippen LogP contribution is -1.92. The molecule has 0 atom stereocenters. The summed E-state index contributed by atoms with van der Waals surface area (Å²) >= 11 is 0. The fourth-order valence-corrected chi connectivity index (χ4v) is 6.69. The summed E-state index contributed by atoms with van der Waals surface area (Å²) in [5.74, 6) is 0. The average Bonchev–Trinajstić information content (AvgIpc) is 3.51. The van der Waals surface area contributed by atoms with Crippen LogP contribution in [0.2, 0.25) is 0 Å². The molecule has 0 amide bonds. The van der Waals surface area contributed by atoms with Crippen molar-refractivity contribution in [2.45, 2.75) is 0 Å². The second kappa shape index (κ2) is 9.44. The smallest absolute Gasteiger partial charge is 0.143 e. The van der Waals surface area contributed by atoms with Crippen molar-refractivity contribution in [3.05, 3.63) is 158 Å². The van der Waals surface area contributed by atoms with E-state index in [0.717, 1.165) is 76.5 Å². The van der Waals surface area contributed by atoms with Crippen LogP contribution in [0.5, 0.6) is 0 Å². The monoisotopic (exact) mass is 551 g/mol. The zero-order valence-electron chi connectivity index (χ0n) is 28.0. The minimum Gasteiger partial charge on any atom is -0.455 e. The molecule has 9 rings (SSSR count). The molecule has 0 saturated carbocycles. The summed E-state index contributed by atoms with van der Waals surface area (Å²) in [7, 11) is 0. The lowest BCUT2D eigenvalue weighted by Gasteiger charge is -2.19. The molecule has 0 spiro atoms. The van der Waals surface area contributed by atoms with Crippen LogP contribution in [0, 0.1) is 0 Å². The molecule has 1 heterocycles. The molecule has 0 aliphatic heterocycles. The molecule has 0 bridgehead atoms. The van der Waals surface area contributed by atoms with Gasteiger partial charge in [-0.05, 0) is 78.5 Å². The topological polar surface area (TPSA) is 13.1 Å². The standard InChI is InChI=1S/C42H26O/c1-2-12-27(13-3-1)30-15-6-7-17-32(30)41-35-20-10-8-18-33(35)40(34-19-9-11-21-36(34)41)29-23-25-39-38(26-29)37-24-22-28-14-4-5-16-31(28)42(37)43-39/h1-26H/i1D,2D,3D,12D,13D. The predicted octanol–water partition coefficient (Wildman–Crippen LogP) is 12.0. The number of rotatable bonds is 3. The van der Waals surface area contributed by atoms with Gasteiger partial charge in [0.2, 0.25) is 0 Å². The summed E-state index contributed by atoms with van der Waals surface area (Å²) in [5.41, 5.74) is 6.43. The molecule has 0 saturated heterocycles. The van der Waals surface area contributed by atoms with Crippen molar-refractivity contribution < 1.29 is 11.3 Å². The molecule has 0 fully saturated rings. The summed E-state index contributed by atoms with van der Waals surface area (Å²) in [6.07, 6.45) is 0. The zero-order chi connectivity index (χ0) is 32.7. The molecule has 0 aliphatic carbocycles. The quantitative estimate of drug-likeness (QED) is 0.199. The van der Waals surface area contributed by atoms with Crippen LogP contribution in [0.15, 0.2) is 162 Å². The molecule has 8 aromatic carbocycles. The summed E-state index contributed by atoms with van der Waals surface area (Å²) in [5, 5.41) is 8.48. The van der Waals surface area contributed by atoms with Crippen molar-refractivity contribution in [3.63, 3.8) is 0 Å². The predicted molar refractivity (Wildman–Crippen MR) is 183 cm³/mol. The van der Waals surface area contributed by atoms with E-state index in [2.05, 4.69) is 66.7 Å². The van der Waals surface area contributed by atoms with E-state index in [1.165, 1.54) is 0 Å². The van der Waals surface area contributed by atoms with Crippen molar-refractivity contribution in [3.8, 4) is 33.4 Å². The number of furan rings is 1. The number of hydrogen-bond donors (Lipinski definition) is 0. The summed E-state index contributed by atoms with van der Waals surface area (Å²) in [4.78, 5) is 0. The second-order valence-electron chi connectivity index (χ2n) is 10.9. The Morgan fingerprint density at radius 3 is 1.74 bits per heavy atom. The molecule has 0 N–H and O–H groups in total. The van der Waals surface area contributed by atoms with Crippen LogP contribution >= 0.6 is 0 Å². The normalized spacial score (nSPS) is 13.3. The van der Waals surface area contributed by atoms with Crippen LogP contribution in [-0.2, 0) is 0 Å². The van der Waals surface area contributed by atoms with Gasteiger partial charge in [0.05, 0.1) is 6.85 Å². The van der Waals surface area contributed by atoms with Crippen LogP contribution in [0.1, 0.15) is 6.85 Å². The Bertz CT molecular complexity index is 2710. The Balaban J connectivity index is 1.36. The molecule has 1 heteroatoms. The van der Waals surface area contributed by atoms with Gasteiger partial charge in [0.1, 0.15) is 11.2 Å². The van der Waals surface area contributed by atoms with Gasteiger partial charge in [-0.3, -0.25) is 0 Å². The van der Waals surface area contributed by atoms with E-state index in [-0.39, 0.29) is 29.7 Å². The van der Waals surface area contributed by atoms with Gasteiger partial charge >= 0.3 is 0 Å². The first-order valence-corrected chi connectivity index (χ1v) is 14.4. The first-order chi connectivity index (χ1) is 23.4. The van der Waals surface area contributed by atoms with Crippen LogP contribution in [0.3, 0.4) is 0 Å². The maximum atomic E-state index is 8.78. The number of benzene rings is 8. The van der Waals surface area contributed by atoms with Gasteiger partial charge in [0.25, 0.3) is 0 Å². The Kier molecular flexibility index (Phi) is 4.27. The highest BCUT2D eigenvalue weighted by Gasteiger charge is 2.19. The van der Waals surface area contributed by atoms with E-state index in [0.29, 0.717) is 5.56 Å². The molecule has 0 radical (unpaired) electrons. The highest BCUT2D eigenvalue weighted by Crippen LogP contribution is 2.47. The summed E-state index contributed by atoms with van der Waals surface area (Å²) < 4.78 is 48.9. The third-order valence-corrected chi connectivity index (χ3v) is 8.55. The molecule has 0 unspecified atom stereocenters. The van der Waals surface area contributed by atoms with E-state index in [9.17, 15) is 0 Å². The second-order valence-corrected chi connectivity index (χ2v) is 10.9. The lowest BCUT2D eigenvalue weighted by atomic mass is 9.83. The minimum absolute atomic E-state index is 0.193. The van der Waals surface area contributed by atoms with E-state index in [1.54, 1.807) is 0 Å². The third kappa shape index (κ3) is 3.65. The molecule has 200 valence electrons. The van der Waals surface area contributed by atoms with Gasteiger partial charge < -0.3 is 4.42 Å². The first-order valence-electron chi connectivity index (χ1n) is 16.9. The van der Waals surface area contributed by atoms with Crippen LogP contribution in [0.4, 0.5) is 0 Å². The van der Waals surface area contributed by atoms with Gasteiger partial charge in [0, 0.05) is 16.2 Å². The molecule has 1 nitrogen and oxygen atoms in total. The molecule has 1 aromatic heterocycles. The maximum absolute atomic E-state index is 8.78. The fraction of sp³-hybridized carbons (Fsp3) is 0. The Labute approximate surface area is 256 Å². The molecular formula is C42H26O. The van der Waals surface area contributed by atoms with Gasteiger partial charge in [-0.1, -0.05) is 139 Å². The van der Waals surface area contributed by atoms with E-state index in [4.69, 9.17) is 11.3 Å². The lowest BCUT2D eigenvalue weighted by molar-refractivity contribution is 0.672. The number of hydrogen-bond acceptors (Lipinski definition) is 1. The molecule has 0 aliphatic rings. The molecular weight excluding hydrogens is 520 g/mol. The van der Waals surface area contributed by atoms with Gasteiger partial charge in [-0.15, -0.1) is 0 Å². The molecule has 43 heavy (non-hydrogen) atoms. The largest absolute Gasteiger partial charge is 0.455 e. The third-order valence-electron chi connectivity index (χ3n) is 8.55. The van der Waals surface area contributed by atoms with Crippen molar-refractivity contribution in [2.24, 2.45) is 0 Å². The average molecular weight is 552 g/mol. The zero-order valence-corrected chi connectivity index (χ0v) is 23.0. The summed E-state index contributed by atoms with van der Waals surface area (Å²) in [6, 6.07) is 41.7. The maximum Gasteiger partial charge on any atom is 0.143 e. The Hall–Kier alpha value is -5.66. The van der Waals surface area contributed by atoms with Crippen molar-refractivity contribution in [1.29, 1.82) is 0 Å². The van der Waals surface area contributed by atoms with Crippen LogP contribution in [0.25, 0.3) is 87.6 Å². The molecule has 9 aromatic rings. The van der Waals surface area contributed by atoms with Gasteiger partial charge in [0.15, 0.2) is 0 Å². The summed E-state index contributed by atoms with van der Waals surface area (Å²) in [6.45, 7) is 0. The van der Waals surface area contributed by atoms with Gasteiger partial charge in [-0.2, -0.15) is 0 Å². The van der Waals surface area contributed by atoms with Gasteiger partial charge in [-0.25, -0.2) is 0 Å². The van der Waals surface area contributed by atoms with E-state index >= 15 is 0 Å². The van der Waals surface area contributed by atoms with Crippen LogP contribution < -0.4 is 0 Å². The van der Waals surface area contributed by atoms with Crippen LogP contribution in [-0.4, -0.2) is 0 Å². The first kappa shape index (κ1) is 19.5. The number of fused-ring (bicyclic) bond motifs is 7. The fourth-order valence-electron chi connectivity index (χ4n) is 6.69.